The van der Waals surface area contributed by atoms with Crippen LogP contribution < -0.4 is 0 Å². The smallest absolute Gasteiger partial charge is 0.226 e. The van der Waals surface area contributed by atoms with Gasteiger partial charge in [0.05, 0.1) is 6.54 Å². The van der Waals surface area contributed by atoms with Crippen molar-refractivity contribution in [3.8, 4) is 12.3 Å². The van der Waals surface area contributed by atoms with E-state index in [4.69, 9.17) is 6.42 Å². The van der Waals surface area contributed by atoms with E-state index in [2.05, 4.69) is 19.8 Å². The standard InChI is InChI=1S/C12H21NO/c1-5-8-11(9-6-2)12(14)13(4)10-7-3/h3,11H,5-6,8-10H2,1-2,4H3. The van der Waals surface area contributed by atoms with E-state index in [-0.39, 0.29) is 11.8 Å². The Morgan fingerprint density at radius 3 is 2.21 bits per heavy atom. The molecule has 0 unspecified atom stereocenters. The predicted octanol–water partition coefficient (Wildman–Crippen LogP) is 2.29. The minimum absolute atomic E-state index is 0.170. The van der Waals surface area contributed by atoms with E-state index in [9.17, 15) is 4.79 Å². The van der Waals surface area contributed by atoms with Crippen molar-refractivity contribution in [2.45, 2.75) is 39.5 Å². The van der Waals surface area contributed by atoms with Gasteiger partial charge in [-0.05, 0) is 12.8 Å². The maximum absolute atomic E-state index is 11.8. The van der Waals surface area contributed by atoms with E-state index in [0.29, 0.717) is 6.54 Å². The first-order valence-corrected chi connectivity index (χ1v) is 5.35. The number of amides is 1. The fraction of sp³-hybridized carbons (Fsp3) is 0.750. The summed E-state index contributed by atoms with van der Waals surface area (Å²) in [4.78, 5) is 13.5. The summed E-state index contributed by atoms with van der Waals surface area (Å²) in [5.74, 6) is 2.86. The van der Waals surface area contributed by atoms with Crippen LogP contribution in [-0.2, 0) is 4.79 Å². The van der Waals surface area contributed by atoms with Gasteiger partial charge in [0.1, 0.15) is 0 Å². The Balaban J connectivity index is 4.20. The summed E-state index contributed by atoms with van der Waals surface area (Å²) in [5.41, 5.74) is 0. The van der Waals surface area contributed by atoms with E-state index in [1.165, 1.54) is 0 Å². The summed E-state index contributed by atoms with van der Waals surface area (Å²) in [6, 6.07) is 0. The quantitative estimate of drug-likeness (QED) is 0.595. The van der Waals surface area contributed by atoms with Gasteiger partial charge in [-0.2, -0.15) is 0 Å². The molecular formula is C12H21NO. The Kier molecular flexibility index (Phi) is 6.92. The van der Waals surface area contributed by atoms with Gasteiger partial charge in [0.2, 0.25) is 5.91 Å². The fourth-order valence-corrected chi connectivity index (χ4v) is 1.61. The second kappa shape index (κ2) is 7.44. The third-order valence-electron chi connectivity index (χ3n) is 2.33. The van der Waals surface area contributed by atoms with Crippen molar-refractivity contribution in [1.29, 1.82) is 0 Å². The molecular weight excluding hydrogens is 174 g/mol. The maximum atomic E-state index is 11.8. The van der Waals surface area contributed by atoms with Gasteiger partial charge in [0, 0.05) is 13.0 Å². The van der Waals surface area contributed by atoms with Crippen LogP contribution in [0.1, 0.15) is 39.5 Å². The van der Waals surface area contributed by atoms with Crippen molar-refractivity contribution in [2.75, 3.05) is 13.6 Å². The van der Waals surface area contributed by atoms with E-state index in [1.807, 2.05) is 0 Å². The van der Waals surface area contributed by atoms with Gasteiger partial charge in [-0.3, -0.25) is 4.79 Å². The summed E-state index contributed by atoms with van der Waals surface area (Å²) in [6.45, 7) is 4.64. The van der Waals surface area contributed by atoms with Crippen LogP contribution in [0.2, 0.25) is 0 Å². The van der Waals surface area contributed by atoms with Crippen molar-refractivity contribution in [1.82, 2.24) is 4.90 Å². The van der Waals surface area contributed by atoms with Crippen LogP contribution in [-0.4, -0.2) is 24.4 Å². The van der Waals surface area contributed by atoms with Crippen molar-refractivity contribution >= 4 is 5.91 Å². The maximum Gasteiger partial charge on any atom is 0.226 e. The summed E-state index contributed by atoms with van der Waals surface area (Å²) in [5, 5.41) is 0. The molecule has 2 nitrogen and oxygen atoms in total. The normalized spacial score (nSPS) is 9.93. The zero-order valence-electron chi connectivity index (χ0n) is 9.55. The molecule has 0 saturated carbocycles. The van der Waals surface area contributed by atoms with Crippen LogP contribution in [0.5, 0.6) is 0 Å². The molecule has 0 atom stereocenters. The van der Waals surface area contributed by atoms with Crippen molar-refractivity contribution in [3.05, 3.63) is 0 Å². The molecule has 80 valence electrons. The van der Waals surface area contributed by atoms with E-state index >= 15 is 0 Å². The highest BCUT2D eigenvalue weighted by atomic mass is 16.2. The number of nitrogens with zero attached hydrogens (tertiary/aromatic N) is 1. The average Bonchev–Trinajstić information content (AvgIpc) is 2.17. The molecule has 0 saturated heterocycles. The highest BCUT2D eigenvalue weighted by Crippen LogP contribution is 2.15. The van der Waals surface area contributed by atoms with Gasteiger partial charge in [-0.1, -0.05) is 32.6 Å². The summed E-state index contributed by atoms with van der Waals surface area (Å²) in [7, 11) is 1.78. The lowest BCUT2D eigenvalue weighted by atomic mass is 9.97. The van der Waals surface area contributed by atoms with E-state index in [1.54, 1.807) is 11.9 Å². The lowest BCUT2D eigenvalue weighted by Gasteiger charge is -2.21. The molecule has 2 heteroatoms. The zero-order valence-corrected chi connectivity index (χ0v) is 9.55. The Hall–Kier alpha value is -0.970. The van der Waals surface area contributed by atoms with Gasteiger partial charge < -0.3 is 4.90 Å². The fourth-order valence-electron chi connectivity index (χ4n) is 1.61. The summed E-state index contributed by atoms with van der Waals surface area (Å²) >= 11 is 0. The van der Waals surface area contributed by atoms with Gasteiger partial charge >= 0.3 is 0 Å². The van der Waals surface area contributed by atoms with Crippen molar-refractivity contribution in [3.63, 3.8) is 0 Å². The first-order valence-electron chi connectivity index (χ1n) is 5.35. The lowest BCUT2D eigenvalue weighted by Crippen LogP contribution is -2.33. The first-order chi connectivity index (χ1) is 6.67. The van der Waals surface area contributed by atoms with Gasteiger partial charge in [0.25, 0.3) is 0 Å². The van der Waals surface area contributed by atoms with Crippen LogP contribution in [0, 0.1) is 18.3 Å². The molecule has 1 amide bonds. The topological polar surface area (TPSA) is 20.3 Å². The molecule has 0 aliphatic heterocycles. The van der Waals surface area contributed by atoms with Crippen molar-refractivity contribution in [2.24, 2.45) is 5.92 Å². The van der Waals surface area contributed by atoms with E-state index in [0.717, 1.165) is 25.7 Å². The monoisotopic (exact) mass is 195 g/mol. The van der Waals surface area contributed by atoms with Crippen LogP contribution in [0.3, 0.4) is 0 Å². The highest BCUT2D eigenvalue weighted by molar-refractivity contribution is 5.78. The summed E-state index contributed by atoms with van der Waals surface area (Å²) in [6.07, 6.45) is 9.23. The largest absolute Gasteiger partial charge is 0.334 e. The van der Waals surface area contributed by atoms with E-state index < -0.39 is 0 Å². The van der Waals surface area contributed by atoms with Crippen LogP contribution in [0.15, 0.2) is 0 Å². The molecule has 0 aromatic heterocycles. The number of hydrogen-bond acceptors (Lipinski definition) is 1. The molecule has 0 bridgehead atoms. The predicted molar refractivity (Wildman–Crippen MR) is 59.8 cm³/mol. The lowest BCUT2D eigenvalue weighted by molar-refractivity contribution is -0.134. The minimum atomic E-state index is 0.170. The Morgan fingerprint density at radius 2 is 1.86 bits per heavy atom. The number of hydrogen-bond donors (Lipinski definition) is 0. The highest BCUT2D eigenvalue weighted by Gasteiger charge is 2.19. The first kappa shape index (κ1) is 13.0. The molecule has 0 aliphatic rings. The number of carbonyl (C=O) groups is 1. The number of rotatable bonds is 6. The third-order valence-corrected chi connectivity index (χ3v) is 2.33. The average molecular weight is 195 g/mol. The van der Waals surface area contributed by atoms with Gasteiger partial charge in [-0.25, -0.2) is 0 Å². The molecule has 0 aromatic carbocycles. The van der Waals surface area contributed by atoms with Crippen LogP contribution >= 0.6 is 0 Å². The second-order valence-corrected chi connectivity index (χ2v) is 3.67. The van der Waals surface area contributed by atoms with Crippen LogP contribution in [0.4, 0.5) is 0 Å². The molecule has 0 spiro atoms. The SMILES string of the molecule is C#CCN(C)C(=O)C(CCC)CCC. The number of terminal acetylenes is 1. The molecule has 0 radical (unpaired) electrons. The molecule has 14 heavy (non-hydrogen) atoms. The Bertz CT molecular complexity index is 199. The molecule has 0 aromatic rings. The third kappa shape index (κ3) is 4.32. The zero-order chi connectivity index (χ0) is 11.0. The number of carbonyl (C=O) groups excluding carboxylic acids is 1. The Morgan fingerprint density at radius 1 is 1.36 bits per heavy atom. The molecule has 0 rings (SSSR count). The molecule has 0 heterocycles. The Labute approximate surface area is 87.7 Å². The van der Waals surface area contributed by atoms with Gasteiger partial charge in [0.15, 0.2) is 0 Å². The second-order valence-electron chi connectivity index (χ2n) is 3.67. The van der Waals surface area contributed by atoms with Crippen molar-refractivity contribution < 1.29 is 4.79 Å². The summed E-state index contributed by atoms with van der Waals surface area (Å²) < 4.78 is 0. The molecule has 0 N–H and O–H groups in total. The molecule has 0 aliphatic carbocycles. The van der Waals surface area contributed by atoms with Crippen LogP contribution in [0.25, 0.3) is 0 Å². The minimum Gasteiger partial charge on any atom is -0.334 e. The van der Waals surface area contributed by atoms with Gasteiger partial charge in [-0.15, -0.1) is 6.42 Å². The molecule has 0 fully saturated rings.